The number of nitrogens with zero attached hydrogens (tertiary/aromatic N) is 1. The monoisotopic (exact) mass is 261 g/mol. The molecular formula is C12H20ClNO3. The van der Waals surface area contributed by atoms with Crippen molar-refractivity contribution in [2.75, 3.05) is 19.0 Å². The van der Waals surface area contributed by atoms with E-state index < -0.39 is 5.60 Å². The number of hydrogen-bond acceptors (Lipinski definition) is 3. The molecule has 17 heavy (non-hydrogen) atoms. The highest BCUT2D eigenvalue weighted by Crippen LogP contribution is 2.25. The molecule has 0 aliphatic carbocycles. The molecule has 0 N–H and O–H groups in total. The third kappa shape index (κ3) is 3.87. The number of ketones is 1. The van der Waals surface area contributed by atoms with Crippen LogP contribution in [0.2, 0.25) is 0 Å². The van der Waals surface area contributed by atoms with Gasteiger partial charge >= 0.3 is 6.09 Å². The molecule has 0 aromatic carbocycles. The summed E-state index contributed by atoms with van der Waals surface area (Å²) in [5.74, 6) is 0.0102. The topological polar surface area (TPSA) is 46.6 Å². The fourth-order valence-corrected chi connectivity index (χ4v) is 2.16. The van der Waals surface area contributed by atoms with Gasteiger partial charge in [0.05, 0.1) is 5.88 Å². The zero-order valence-corrected chi connectivity index (χ0v) is 11.6. The fourth-order valence-electron chi connectivity index (χ4n) is 1.96. The first-order valence-electron chi connectivity index (χ1n) is 5.81. The third-order valence-electron chi connectivity index (χ3n) is 2.81. The largest absolute Gasteiger partial charge is 0.444 e. The lowest BCUT2D eigenvalue weighted by atomic mass is 9.95. The van der Waals surface area contributed by atoms with E-state index >= 15 is 0 Å². The minimum Gasteiger partial charge on any atom is -0.444 e. The van der Waals surface area contributed by atoms with Gasteiger partial charge in [0, 0.05) is 19.0 Å². The van der Waals surface area contributed by atoms with E-state index in [4.69, 9.17) is 16.3 Å². The summed E-state index contributed by atoms with van der Waals surface area (Å²) >= 11 is 5.55. The maximum atomic E-state index is 11.8. The second-order valence-electron chi connectivity index (χ2n) is 5.57. The highest BCUT2D eigenvalue weighted by Gasteiger charge is 2.37. The second kappa shape index (κ2) is 5.25. The molecule has 0 spiro atoms. The summed E-state index contributed by atoms with van der Waals surface area (Å²) < 4.78 is 5.27. The van der Waals surface area contributed by atoms with Crippen LogP contribution in [0.3, 0.4) is 0 Å². The van der Waals surface area contributed by atoms with E-state index in [1.54, 1.807) is 4.90 Å². The first-order valence-corrected chi connectivity index (χ1v) is 6.34. The molecule has 1 unspecified atom stereocenters. The van der Waals surface area contributed by atoms with E-state index in [-0.39, 0.29) is 29.6 Å². The summed E-state index contributed by atoms with van der Waals surface area (Å²) in [6.07, 6.45) is -0.353. The molecule has 0 bridgehead atoms. The molecule has 98 valence electrons. The SMILES string of the molecule is C[C@@H]1CN(C(=O)OC(C)(C)C)CC1C(=O)CCl. The van der Waals surface area contributed by atoms with Gasteiger partial charge in [-0.3, -0.25) is 4.79 Å². The van der Waals surface area contributed by atoms with Crippen LogP contribution in [0.1, 0.15) is 27.7 Å². The minimum absolute atomic E-state index is 0.00484. The van der Waals surface area contributed by atoms with Crippen molar-refractivity contribution >= 4 is 23.5 Å². The molecule has 1 fully saturated rings. The van der Waals surface area contributed by atoms with E-state index in [9.17, 15) is 9.59 Å². The summed E-state index contributed by atoms with van der Waals surface area (Å²) in [4.78, 5) is 25.0. The van der Waals surface area contributed by atoms with Gasteiger partial charge in [-0.1, -0.05) is 6.92 Å². The molecule has 1 aliphatic rings. The third-order valence-corrected chi connectivity index (χ3v) is 3.07. The van der Waals surface area contributed by atoms with Gasteiger partial charge in [0.25, 0.3) is 0 Å². The molecule has 1 saturated heterocycles. The zero-order valence-electron chi connectivity index (χ0n) is 10.8. The molecule has 1 aliphatic heterocycles. The van der Waals surface area contributed by atoms with Gasteiger partial charge in [-0.15, -0.1) is 11.6 Å². The van der Waals surface area contributed by atoms with Crippen LogP contribution >= 0.6 is 11.6 Å². The lowest BCUT2D eigenvalue weighted by molar-refractivity contribution is -0.120. The Hall–Kier alpha value is -0.770. The highest BCUT2D eigenvalue weighted by atomic mass is 35.5. The zero-order chi connectivity index (χ0) is 13.2. The number of likely N-dealkylation sites (tertiary alicyclic amines) is 1. The van der Waals surface area contributed by atoms with Crippen LogP contribution in [-0.2, 0) is 9.53 Å². The van der Waals surface area contributed by atoms with Gasteiger partial charge in [-0.25, -0.2) is 4.79 Å². The Morgan fingerprint density at radius 3 is 2.41 bits per heavy atom. The van der Waals surface area contributed by atoms with Gasteiger partial charge in [0.15, 0.2) is 5.78 Å². The normalized spacial score (nSPS) is 24.9. The maximum absolute atomic E-state index is 11.8. The average molecular weight is 262 g/mol. The van der Waals surface area contributed by atoms with Gasteiger partial charge in [0.1, 0.15) is 5.60 Å². The van der Waals surface area contributed by atoms with E-state index in [1.165, 1.54) is 0 Å². The number of alkyl halides is 1. The van der Waals surface area contributed by atoms with Crippen LogP contribution in [-0.4, -0.2) is 41.3 Å². The van der Waals surface area contributed by atoms with E-state index in [0.29, 0.717) is 13.1 Å². The predicted molar refractivity (Wildman–Crippen MR) is 66.2 cm³/mol. The standard InChI is InChI=1S/C12H20ClNO3/c1-8-6-14(7-9(8)10(15)5-13)11(16)17-12(2,3)4/h8-9H,5-7H2,1-4H3/t8-,9?/m1/s1. The first kappa shape index (κ1) is 14.3. The van der Waals surface area contributed by atoms with E-state index in [0.717, 1.165) is 0 Å². The summed E-state index contributed by atoms with van der Waals surface area (Å²) in [5.41, 5.74) is -0.505. The number of hydrogen-bond donors (Lipinski definition) is 0. The molecule has 1 amide bonds. The van der Waals surface area contributed by atoms with Crippen molar-refractivity contribution in [3.05, 3.63) is 0 Å². The van der Waals surface area contributed by atoms with Crippen molar-refractivity contribution in [3.8, 4) is 0 Å². The lowest BCUT2D eigenvalue weighted by Gasteiger charge is -2.24. The number of carbonyl (C=O) groups excluding carboxylic acids is 2. The predicted octanol–water partition coefficient (Wildman–Crippen LogP) is 2.30. The van der Waals surface area contributed by atoms with Crippen LogP contribution < -0.4 is 0 Å². The van der Waals surface area contributed by atoms with Crippen LogP contribution in [0, 0.1) is 11.8 Å². The highest BCUT2D eigenvalue weighted by molar-refractivity contribution is 6.28. The van der Waals surface area contributed by atoms with Gasteiger partial charge in [-0.05, 0) is 26.7 Å². The number of Topliss-reactive ketones (excluding diaryl/α,β-unsaturated/α-hetero) is 1. The number of amides is 1. The Bertz CT molecular complexity index is 311. The number of rotatable bonds is 2. The van der Waals surface area contributed by atoms with E-state index in [1.807, 2.05) is 27.7 Å². The van der Waals surface area contributed by atoms with Crippen molar-refractivity contribution in [2.24, 2.45) is 11.8 Å². The first-order chi connectivity index (χ1) is 7.74. The second-order valence-corrected chi connectivity index (χ2v) is 5.84. The molecule has 4 nitrogen and oxygen atoms in total. The summed E-state index contributed by atoms with van der Waals surface area (Å²) in [5, 5.41) is 0. The van der Waals surface area contributed by atoms with E-state index in [2.05, 4.69) is 0 Å². The van der Waals surface area contributed by atoms with Crippen molar-refractivity contribution in [3.63, 3.8) is 0 Å². The number of halogens is 1. The van der Waals surface area contributed by atoms with Gasteiger partial charge < -0.3 is 9.64 Å². The summed E-state index contributed by atoms with van der Waals surface area (Å²) in [7, 11) is 0. The Balaban J connectivity index is 2.60. The molecular weight excluding hydrogens is 242 g/mol. The Morgan fingerprint density at radius 1 is 1.35 bits per heavy atom. The average Bonchev–Trinajstić information content (AvgIpc) is 2.57. The van der Waals surface area contributed by atoms with Crippen molar-refractivity contribution in [1.82, 2.24) is 4.90 Å². The maximum Gasteiger partial charge on any atom is 0.410 e. The fraction of sp³-hybridized carbons (Fsp3) is 0.833. The molecule has 0 radical (unpaired) electrons. The Kier molecular flexibility index (Phi) is 4.42. The molecule has 0 aromatic rings. The number of ether oxygens (including phenoxy) is 1. The quantitative estimate of drug-likeness (QED) is 0.717. The van der Waals surface area contributed by atoms with Crippen LogP contribution in [0.15, 0.2) is 0 Å². The smallest absolute Gasteiger partial charge is 0.410 e. The number of carbonyl (C=O) groups is 2. The molecule has 2 atom stereocenters. The molecule has 1 heterocycles. The van der Waals surface area contributed by atoms with Crippen molar-refractivity contribution in [1.29, 1.82) is 0 Å². The minimum atomic E-state index is -0.505. The van der Waals surface area contributed by atoms with Crippen LogP contribution in [0.5, 0.6) is 0 Å². The molecule has 1 rings (SSSR count). The van der Waals surface area contributed by atoms with Crippen LogP contribution in [0.4, 0.5) is 4.79 Å². The molecule has 0 saturated carbocycles. The summed E-state index contributed by atoms with van der Waals surface area (Å²) in [6, 6.07) is 0. The molecule has 5 heteroatoms. The van der Waals surface area contributed by atoms with Gasteiger partial charge in [0.2, 0.25) is 0 Å². The lowest BCUT2D eigenvalue weighted by Crippen LogP contribution is -2.36. The van der Waals surface area contributed by atoms with Crippen LogP contribution in [0.25, 0.3) is 0 Å². The van der Waals surface area contributed by atoms with Gasteiger partial charge in [-0.2, -0.15) is 0 Å². The van der Waals surface area contributed by atoms with Crippen molar-refractivity contribution in [2.45, 2.75) is 33.3 Å². The Labute approximate surface area is 107 Å². The Morgan fingerprint density at radius 2 is 1.94 bits per heavy atom. The van der Waals surface area contributed by atoms with Crippen molar-refractivity contribution < 1.29 is 14.3 Å². The summed E-state index contributed by atoms with van der Waals surface area (Å²) in [6.45, 7) is 8.41. The molecule has 0 aromatic heterocycles.